The van der Waals surface area contributed by atoms with E-state index in [9.17, 15) is 18.0 Å². The minimum Gasteiger partial charge on any atom is -0.465 e. The average Bonchev–Trinajstić information content (AvgIpc) is 3.20. The SMILES string of the molecule is CCOC(=O)Cn1c(=NC(=O)c2ccc(S(=O)(=O)N3CCCCC3CC)cc2)sc2cc(Cl)cc(Cl)c21. The first-order valence-corrected chi connectivity index (χ1v) is 15.0. The molecule has 2 heterocycles. The number of rotatable bonds is 7. The lowest BCUT2D eigenvalue weighted by atomic mass is 10.0. The summed E-state index contributed by atoms with van der Waals surface area (Å²) in [5, 5.41) is 0.727. The number of sulfonamides is 1. The monoisotopic (exact) mass is 583 g/mol. The number of carbonyl (C=O) groups is 2. The predicted molar refractivity (Wildman–Crippen MR) is 145 cm³/mol. The number of hydrogen-bond donors (Lipinski definition) is 0. The lowest BCUT2D eigenvalue weighted by Gasteiger charge is -2.34. The molecule has 1 atom stereocenters. The maximum atomic E-state index is 13.2. The van der Waals surface area contributed by atoms with Crippen LogP contribution in [0.2, 0.25) is 10.0 Å². The van der Waals surface area contributed by atoms with E-state index in [1.54, 1.807) is 23.4 Å². The Kier molecular flexibility index (Phi) is 8.75. The highest BCUT2D eigenvalue weighted by Crippen LogP contribution is 2.30. The van der Waals surface area contributed by atoms with Crippen molar-refractivity contribution >= 4 is 66.7 Å². The van der Waals surface area contributed by atoms with Gasteiger partial charge in [-0.2, -0.15) is 9.30 Å². The second-order valence-electron chi connectivity index (χ2n) is 8.63. The molecule has 0 N–H and O–H groups in total. The van der Waals surface area contributed by atoms with Crippen LogP contribution in [0, 0.1) is 0 Å². The number of amides is 1. The third-order valence-electron chi connectivity index (χ3n) is 6.24. The molecule has 12 heteroatoms. The summed E-state index contributed by atoms with van der Waals surface area (Å²) in [6.45, 7) is 4.21. The minimum absolute atomic E-state index is 0.0156. The van der Waals surface area contributed by atoms with Crippen LogP contribution in [0.1, 0.15) is 49.9 Å². The molecule has 0 spiro atoms. The summed E-state index contributed by atoms with van der Waals surface area (Å²) in [5.74, 6) is -1.08. The molecule has 2 aromatic carbocycles. The first-order valence-electron chi connectivity index (χ1n) is 12.0. The van der Waals surface area contributed by atoms with Crippen molar-refractivity contribution in [3.05, 3.63) is 56.8 Å². The Bertz CT molecular complexity index is 1500. The number of halogens is 2. The Balaban J connectivity index is 1.68. The van der Waals surface area contributed by atoms with Crippen LogP contribution in [-0.4, -0.2) is 48.4 Å². The maximum Gasteiger partial charge on any atom is 0.326 e. The molecule has 1 aliphatic rings. The number of esters is 1. The second-order valence-corrected chi connectivity index (χ2v) is 12.4. The zero-order chi connectivity index (χ0) is 26.7. The summed E-state index contributed by atoms with van der Waals surface area (Å²) in [6, 6.07) is 9.00. The molecular weight excluding hydrogens is 557 g/mol. The van der Waals surface area contributed by atoms with Crippen molar-refractivity contribution in [1.29, 1.82) is 0 Å². The first-order chi connectivity index (χ1) is 17.6. The van der Waals surface area contributed by atoms with E-state index in [1.807, 2.05) is 6.92 Å². The predicted octanol–water partition coefficient (Wildman–Crippen LogP) is 5.27. The molecule has 0 bridgehead atoms. The molecule has 0 radical (unpaired) electrons. The van der Waals surface area contributed by atoms with Gasteiger partial charge in [-0.3, -0.25) is 9.59 Å². The lowest BCUT2D eigenvalue weighted by molar-refractivity contribution is -0.143. The van der Waals surface area contributed by atoms with Crippen molar-refractivity contribution in [1.82, 2.24) is 8.87 Å². The number of piperidine rings is 1. The largest absolute Gasteiger partial charge is 0.465 e. The Morgan fingerprint density at radius 2 is 1.86 bits per heavy atom. The van der Waals surface area contributed by atoms with Crippen LogP contribution in [0.3, 0.4) is 0 Å². The zero-order valence-electron chi connectivity index (χ0n) is 20.4. The van der Waals surface area contributed by atoms with Crippen LogP contribution in [-0.2, 0) is 26.1 Å². The highest BCUT2D eigenvalue weighted by atomic mass is 35.5. The van der Waals surface area contributed by atoms with Crippen molar-refractivity contribution in [2.24, 2.45) is 4.99 Å². The number of nitrogens with zero attached hydrogens (tertiary/aromatic N) is 3. The topological polar surface area (TPSA) is 98.0 Å². The van der Waals surface area contributed by atoms with Gasteiger partial charge in [0.25, 0.3) is 5.91 Å². The Labute approximate surface area is 229 Å². The minimum atomic E-state index is -3.67. The van der Waals surface area contributed by atoms with Gasteiger partial charge in [0.15, 0.2) is 4.80 Å². The highest BCUT2D eigenvalue weighted by Gasteiger charge is 2.32. The quantitative estimate of drug-likeness (QED) is 0.353. The van der Waals surface area contributed by atoms with Gasteiger partial charge in [-0.15, -0.1) is 0 Å². The number of aromatic nitrogens is 1. The smallest absolute Gasteiger partial charge is 0.326 e. The number of thiazole rings is 1. The van der Waals surface area contributed by atoms with Crippen molar-refractivity contribution in [3.8, 4) is 0 Å². The Hall–Kier alpha value is -2.24. The van der Waals surface area contributed by atoms with Crippen molar-refractivity contribution in [2.45, 2.75) is 57.0 Å². The number of hydrogen-bond acceptors (Lipinski definition) is 6. The van der Waals surface area contributed by atoms with Crippen molar-refractivity contribution < 1.29 is 22.7 Å². The average molecular weight is 585 g/mol. The van der Waals surface area contributed by atoms with Crippen molar-refractivity contribution in [3.63, 3.8) is 0 Å². The summed E-state index contributed by atoms with van der Waals surface area (Å²) in [7, 11) is -3.67. The summed E-state index contributed by atoms with van der Waals surface area (Å²) in [5.41, 5.74) is 0.734. The van der Waals surface area contributed by atoms with Gasteiger partial charge < -0.3 is 9.30 Å². The third kappa shape index (κ3) is 5.93. The molecule has 0 aliphatic carbocycles. The fourth-order valence-electron chi connectivity index (χ4n) is 4.45. The Morgan fingerprint density at radius 1 is 1.14 bits per heavy atom. The van der Waals surface area contributed by atoms with Gasteiger partial charge in [0.1, 0.15) is 6.54 Å². The summed E-state index contributed by atoms with van der Waals surface area (Å²) >= 11 is 13.7. The van der Waals surface area contributed by atoms with Crippen LogP contribution in [0.5, 0.6) is 0 Å². The van der Waals surface area contributed by atoms with Gasteiger partial charge in [-0.1, -0.05) is 47.9 Å². The van der Waals surface area contributed by atoms with Crippen LogP contribution in [0.25, 0.3) is 10.2 Å². The molecule has 1 aromatic heterocycles. The van der Waals surface area contributed by atoms with E-state index in [2.05, 4.69) is 4.99 Å². The molecule has 1 unspecified atom stereocenters. The number of carbonyl (C=O) groups excluding carboxylic acids is 2. The van der Waals surface area contributed by atoms with Gasteiger partial charge in [0, 0.05) is 23.2 Å². The standard InChI is InChI=1S/C25H27Cl2N3O5S2/c1-3-18-7-5-6-12-30(18)37(33,34)19-10-8-16(9-11-19)24(32)28-25-29(15-22(31)35-4-2)23-20(27)13-17(26)14-21(23)36-25/h8-11,13-14,18H,3-7,12,15H2,1-2H3. The van der Waals surface area contributed by atoms with E-state index in [-0.39, 0.29) is 34.5 Å². The first kappa shape index (κ1) is 27.8. The van der Waals surface area contributed by atoms with E-state index in [1.165, 1.54) is 28.8 Å². The fraction of sp³-hybridized carbons (Fsp3) is 0.400. The van der Waals surface area contributed by atoms with E-state index < -0.39 is 21.9 Å². The van der Waals surface area contributed by atoms with Gasteiger partial charge in [-0.25, -0.2) is 8.42 Å². The molecule has 1 aliphatic heterocycles. The molecule has 0 saturated carbocycles. The third-order valence-corrected chi connectivity index (χ3v) is 9.73. The summed E-state index contributed by atoms with van der Waals surface area (Å²) in [6.07, 6.45) is 3.46. The number of fused-ring (bicyclic) bond motifs is 1. The molecule has 1 fully saturated rings. The van der Waals surface area contributed by atoms with Gasteiger partial charge in [0.2, 0.25) is 10.0 Å². The van der Waals surface area contributed by atoms with Crippen LogP contribution in [0.4, 0.5) is 0 Å². The highest BCUT2D eigenvalue weighted by molar-refractivity contribution is 7.89. The Morgan fingerprint density at radius 3 is 2.54 bits per heavy atom. The van der Waals surface area contributed by atoms with E-state index in [0.29, 0.717) is 26.8 Å². The molecule has 8 nitrogen and oxygen atoms in total. The molecule has 1 amide bonds. The molecule has 4 rings (SSSR count). The fourth-order valence-corrected chi connectivity index (χ4v) is 8.03. The summed E-state index contributed by atoms with van der Waals surface area (Å²) in [4.78, 5) is 29.9. The van der Waals surface area contributed by atoms with Crippen LogP contribution >= 0.6 is 34.5 Å². The maximum absolute atomic E-state index is 13.2. The van der Waals surface area contributed by atoms with Crippen molar-refractivity contribution in [2.75, 3.05) is 13.2 Å². The van der Waals surface area contributed by atoms with Gasteiger partial charge in [-0.05, 0) is 62.6 Å². The van der Waals surface area contributed by atoms with Crippen LogP contribution < -0.4 is 4.80 Å². The van der Waals surface area contributed by atoms with E-state index in [0.717, 1.165) is 37.0 Å². The van der Waals surface area contributed by atoms with E-state index >= 15 is 0 Å². The number of ether oxygens (including phenoxy) is 1. The molecular formula is C25H27Cl2N3O5S2. The van der Waals surface area contributed by atoms with Crippen LogP contribution in [0.15, 0.2) is 46.3 Å². The lowest BCUT2D eigenvalue weighted by Crippen LogP contribution is -2.43. The van der Waals surface area contributed by atoms with Gasteiger partial charge >= 0.3 is 5.97 Å². The molecule has 3 aromatic rings. The molecule has 37 heavy (non-hydrogen) atoms. The molecule has 1 saturated heterocycles. The number of benzene rings is 2. The van der Waals surface area contributed by atoms with Gasteiger partial charge in [0.05, 0.1) is 26.7 Å². The second kappa shape index (κ2) is 11.7. The normalized spacial score (nSPS) is 17.3. The summed E-state index contributed by atoms with van der Waals surface area (Å²) < 4.78 is 35.3. The van der Waals surface area contributed by atoms with E-state index in [4.69, 9.17) is 27.9 Å². The molecule has 198 valence electrons. The zero-order valence-corrected chi connectivity index (χ0v) is 23.6.